The molecule has 1 heterocycles. The number of nitrogens with zero attached hydrogens (tertiary/aromatic N) is 1. The third-order valence-electron chi connectivity index (χ3n) is 3.88. The molecule has 2 aromatic carbocycles. The van der Waals surface area contributed by atoms with Gasteiger partial charge in [-0.15, -0.1) is 11.8 Å². The minimum Gasteiger partial charge on any atom is -0.372 e. The number of carbonyl (C=O) groups is 1. The van der Waals surface area contributed by atoms with Gasteiger partial charge in [-0.25, -0.2) is 8.78 Å². The monoisotopic (exact) mass is 348 g/mol. The largest absolute Gasteiger partial charge is 0.372 e. The lowest BCUT2D eigenvalue weighted by atomic mass is 10.2. The minimum absolute atomic E-state index is 0.138. The van der Waals surface area contributed by atoms with Gasteiger partial charge in [0.2, 0.25) is 5.91 Å². The van der Waals surface area contributed by atoms with Gasteiger partial charge in [-0.1, -0.05) is 0 Å². The zero-order valence-corrected chi connectivity index (χ0v) is 13.9. The smallest absolute Gasteiger partial charge is 0.234 e. The molecule has 0 aliphatic carbocycles. The first-order chi connectivity index (χ1) is 11.6. The third kappa shape index (κ3) is 4.26. The van der Waals surface area contributed by atoms with Crippen LogP contribution in [0.4, 0.5) is 20.2 Å². The molecule has 1 saturated heterocycles. The number of nitrogens with one attached hydrogen (secondary N) is 1. The van der Waals surface area contributed by atoms with Crippen molar-refractivity contribution in [3.8, 4) is 0 Å². The molecule has 0 bridgehead atoms. The second-order valence-electron chi connectivity index (χ2n) is 5.65. The summed E-state index contributed by atoms with van der Waals surface area (Å²) in [6.07, 6.45) is 2.44. The summed E-state index contributed by atoms with van der Waals surface area (Å²) < 4.78 is 26.0. The van der Waals surface area contributed by atoms with Crippen LogP contribution in [-0.4, -0.2) is 24.7 Å². The Morgan fingerprint density at radius 1 is 1.04 bits per heavy atom. The molecule has 24 heavy (non-hydrogen) atoms. The summed E-state index contributed by atoms with van der Waals surface area (Å²) in [4.78, 5) is 14.8. The van der Waals surface area contributed by atoms with Crippen LogP contribution in [0.25, 0.3) is 0 Å². The van der Waals surface area contributed by atoms with Crippen molar-refractivity contribution in [1.29, 1.82) is 0 Å². The molecule has 0 saturated carbocycles. The van der Waals surface area contributed by atoms with Crippen LogP contribution < -0.4 is 10.2 Å². The number of hydrogen-bond acceptors (Lipinski definition) is 3. The number of rotatable bonds is 5. The lowest BCUT2D eigenvalue weighted by Gasteiger charge is -2.17. The first-order valence-electron chi connectivity index (χ1n) is 7.84. The highest BCUT2D eigenvalue weighted by Crippen LogP contribution is 2.23. The molecule has 6 heteroatoms. The number of hydrogen-bond donors (Lipinski definition) is 1. The number of anilines is 2. The first-order valence-corrected chi connectivity index (χ1v) is 8.83. The van der Waals surface area contributed by atoms with E-state index in [1.165, 1.54) is 36.4 Å². The number of thioether (sulfide) groups is 1. The number of amides is 1. The fraction of sp³-hybridized carbons (Fsp3) is 0.278. The minimum atomic E-state index is -0.905. The Balaban J connectivity index is 1.51. The van der Waals surface area contributed by atoms with E-state index < -0.39 is 11.6 Å². The molecule has 126 valence electrons. The summed E-state index contributed by atoms with van der Waals surface area (Å²) in [6.45, 7) is 2.16. The van der Waals surface area contributed by atoms with Gasteiger partial charge in [0.1, 0.15) is 0 Å². The van der Waals surface area contributed by atoms with Crippen molar-refractivity contribution in [3.63, 3.8) is 0 Å². The molecule has 3 rings (SSSR count). The Labute approximate surface area is 144 Å². The molecule has 1 aliphatic heterocycles. The van der Waals surface area contributed by atoms with Crippen LogP contribution >= 0.6 is 11.8 Å². The lowest BCUT2D eigenvalue weighted by molar-refractivity contribution is -0.113. The standard InChI is InChI=1S/C18H18F2N2OS/c19-16-8-7-15(11-17(16)20)24-12-18(23)21-13-3-5-14(6-4-13)22-9-1-2-10-22/h3-8,11H,1-2,9-10,12H2,(H,21,23). The average Bonchev–Trinajstić information content (AvgIpc) is 3.11. The summed E-state index contributed by atoms with van der Waals surface area (Å²) in [5.41, 5.74) is 1.90. The van der Waals surface area contributed by atoms with Crippen molar-refractivity contribution in [2.24, 2.45) is 0 Å². The predicted molar refractivity (Wildman–Crippen MR) is 93.6 cm³/mol. The topological polar surface area (TPSA) is 32.3 Å². The van der Waals surface area contributed by atoms with Crippen molar-refractivity contribution in [1.82, 2.24) is 0 Å². The zero-order chi connectivity index (χ0) is 16.9. The van der Waals surface area contributed by atoms with Crippen LogP contribution in [-0.2, 0) is 4.79 Å². The van der Waals surface area contributed by atoms with Crippen LogP contribution in [0.3, 0.4) is 0 Å². The van der Waals surface area contributed by atoms with Crippen LogP contribution in [0.1, 0.15) is 12.8 Å². The normalized spacial score (nSPS) is 14.0. The molecule has 1 fully saturated rings. The number of halogens is 2. The summed E-state index contributed by atoms with van der Waals surface area (Å²) in [5.74, 6) is -1.84. The Kier molecular flexibility index (Phi) is 5.35. The van der Waals surface area contributed by atoms with E-state index in [2.05, 4.69) is 10.2 Å². The van der Waals surface area contributed by atoms with Gasteiger partial charge in [0, 0.05) is 29.4 Å². The highest BCUT2D eigenvalue weighted by atomic mass is 32.2. The molecule has 0 radical (unpaired) electrons. The Bertz CT molecular complexity index is 715. The first kappa shape index (κ1) is 16.8. The molecule has 0 spiro atoms. The van der Waals surface area contributed by atoms with Crippen molar-refractivity contribution in [3.05, 3.63) is 54.1 Å². The quantitative estimate of drug-likeness (QED) is 0.818. The molecule has 0 unspecified atom stereocenters. The van der Waals surface area contributed by atoms with Crippen molar-refractivity contribution in [2.75, 3.05) is 29.1 Å². The van der Waals surface area contributed by atoms with Crippen LogP contribution in [0.5, 0.6) is 0 Å². The molecule has 1 aliphatic rings. The van der Waals surface area contributed by atoms with Crippen LogP contribution in [0.15, 0.2) is 47.4 Å². The fourth-order valence-electron chi connectivity index (χ4n) is 2.64. The Morgan fingerprint density at radius 2 is 1.75 bits per heavy atom. The fourth-order valence-corrected chi connectivity index (χ4v) is 3.36. The van der Waals surface area contributed by atoms with E-state index >= 15 is 0 Å². The van der Waals surface area contributed by atoms with E-state index in [-0.39, 0.29) is 11.7 Å². The second-order valence-corrected chi connectivity index (χ2v) is 6.70. The Hall–Kier alpha value is -2.08. The summed E-state index contributed by atoms with van der Waals surface area (Å²) in [6, 6.07) is 11.4. The summed E-state index contributed by atoms with van der Waals surface area (Å²) >= 11 is 1.17. The molecular weight excluding hydrogens is 330 g/mol. The Morgan fingerprint density at radius 3 is 2.42 bits per heavy atom. The van der Waals surface area contributed by atoms with Gasteiger partial charge in [-0.2, -0.15) is 0 Å². The van der Waals surface area contributed by atoms with E-state index in [9.17, 15) is 13.6 Å². The maximum absolute atomic E-state index is 13.1. The van der Waals surface area contributed by atoms with Gasteiger partial charge >= 0.3 is 0 Å². The highest BCUT2D eigenvalue weighted by molar-refractivity contribution is 8.00. The third-order valence-corrected chi connectivity index (χ3v) is 4.88. The van der Waals surface area contributed by atoms with Gasteiger partial charge in [0.15, 0.2) is 11.6 Å². The van der Waals surface area contributed by atoms with Gasteiger partial charge in [0.25, 0.3) is 0 Å². The van der Waals surface area contributed by atoms with Crippen molar-refractivity contribution in [2.45, 2.75) is 17.7 Å². The summed E-state index contributed by atoms with van der Waals surface area (Å²) in [7, 11) is 0. The van der Waals surface area contributed by atoms with E-state index in [1.807, 2.05) is 24.3 Å². The average molecular weight is 348 g/mol. The number of benzene rings is 2. The predicted octanol–water partition coefficient (Wildman–Crippen LogP) is 4.30. The van der Waals surface area contributed by atoms with Gasteiger partial charge in [-0.05, 0) is 55.3 Å². The summed E-state index contributed by atoms with van der Waals surface area (Å²) in [5, 5.41) is 2.81. The SMILES string of the molecule is O=C(CSc1ccc(F)c(F)c1)Nc1ccc(N2CCCC2)cc1. The molecular formula is C18H18F2N2OS. The van der Waals surface area contributed by atoms with Gasteiger partial charge in [-0.3, -0.25) is 4.79 Å². The van der Waals surface area contributed by atoms with E-state index in [0.29, 0.717) is 4.90 Å². The second kappa shape index (κ2) is 7.66. The lowest BCUT2D eigenvalue weighted by Crippen LogP contribution is -2.18. The van der Waals surface area contributed by atoms with E-state index in [0.717, 1.165) is 30.9 Å². The molecule has 0 aromatic heterocycles. The van der Waals surface area contributed by atoms with Crippen LogP contribution in [0.2, 0.25) is 0 Å². The molecule has 2 aromatic rings. The zero-order valence-electron chi connectivity index (χ0n) is 13.1. The molecule has 1 N–H and O–H groups in total. The van der Waals surface area contributed by atoms with E-state index in [1.54, 1.807) is 0 Å². The van der Waals surface area contributed by atoms with Crippen LogP contribution in [0, 0.1) is 11.6 Å². The number of carbonyl (C=O) groups excluding carboxylic acids is 1. The van der Waals surface area contributed by atoms with E-state index in [4.69, 9.17) is 0 Å². The molecule has 1 amide bonds. The van der Waals surface area contributed by atoms with Gasteiger partial charge < -0.3 is 10.2 Å². The molecule has 3 nitrogen and oxygen atoms in total. The molecule has 0 atom stereocenters. The highest BCUT2D eigenvalue weighted by Gasteiger charge is 2.12. The van der Waals surface area contributed by atoms with Crippen molar-refractivity contribution >= 4 is 29.0 Å². The van der Waals surface area contributed by atoms with Gasteiger partial charge in [0.05, 0.1) is 5.75 Å². The van der Waals surface area contributed by atoms with Crippen molar-refractivity contribution < 1.29 is 13.6 Å². The maximum Gasteiger partial charge on any atom is 0.234 e. The maximum atomic E-state index is 13.1.